The highest BCUT2D eigenvalue weighted by Gasteiger charge is 2.25. The summed E-state index contributed by atoms with van der Waals surface area (Å²) in [6.45, 7) is 4.00. The van der Waals surface area contributed by atoms with Crippen molar-refractivity contribution in [2.75, 3.05) is 0 Å². The lowest BCUT2D eigenvalue weighted by Crippen LogP contribution is -2.32. The second-order valence-electron chi connectivity index (χ2n) is 6.21. The third kappa shape index (κ3) is 4.35. The van der Waals surface area contributed by atoms with Gasteiger partial charge in [0.05, 0.1) is 6.26 Å². The van der Waals surface area contributed by atoms with Crippen LogP contribution >= 0.6 is 0 Å². The highest BCUT2D eigenvalue weighted by molar-refractivity contribution is 5.76. The molecule has 1 N–H and O–H groups in total. The number of carbonyl (C=O) groups excluding carboxylic acids is 1. The number of carbonyl (C=O) groups is 1. The number of benzene rings is 1. The average Bonchev–Trinajstić information content (AvgIpc) is 3.29. The molecule has 6 nitrogen and oxygen atoms in total. The third-order valence-corrected chi connectivity index (χ3v) is 3.92. The van der Waals surface area contributed by atoms with Crippen LogP contribution in [0.5, 0.6) is 0 Å². The number of amides is 1. The largest absolute Gasteiger partial charge is 0.461 e. The van der Waals surface area contributed by atoms with Gasteiger partial charge in [0.1, 0.15) is 6.04 Å². The minimum Gasteiger partial charge on any atom is -0.461 e. The predicted molar refractivity (Wildman–Crippen MR) is 92.5 cm³/mol. The Bertz CT molecular complexity index is 794. The molecule has 0 radical (unpaired) electrons. The molecule has 3 aromatic rings. The van der Waals surface area contributed by atoms with Crippen LogP contribution in [0, 0.1) is 5.92 Å². The van der Waals surface area contributed by atoms with Crippen LogP contribution in [0.2, 0.25) is 0 Å². The van der Waals surface area contributed by atoms with Crippen molar-refractivity contribution in [3.05, 3.63) is 60.2 Å². The first kappa shape index (κ1) is 17.0. The molecule has 0 bridgehead atoms. The summed E-state index contributed by atoms with van der Waals surface area (Å²) in [6.07, 6.45) is 2.65. The maximum absolute atomic E-state index is 12.3. The monoisotopic (exact) mass is 339 g/mol. The van der Waals surface area contributed by atoms with Gasteiger partial charge in [0.2, 0.25) is 17.6 Å². The van der Waals surface area contributed by atoms with Gasteiger partial charge in [0, 0.05) is 6.42 Å². The predicted octanol–water partition coefficient (Wildman–Crippen LogP) is 3.78. The molecule has 1 atom stereocenters. The van der Waals surface area contributed by atoms with Crippen molar-refractivity contribution in [2.45, 2.75) is 32.7 Å². The standard InChI is InChI=1S/C19H21N3O3/c1-13(2)17(19-21-18(22-25-19)15-9-6-12-24-15)20-16(23)11-10-14-7-4-3-5-8-14/h3-9,12-13,17H,10-11H2,1-2H3,(H,20,23)/t17-/m1/s1. The van der Waals surface area contributed by atoms with Crippen molar-refractivity contribution < 1.29 is 13.7 Å². The van der Waals surface area contributed by atoms with E-state index in [1.54, 1.807) is 18.4 Å². The topological polar surface area (TPSA) is 81.2 Å². The van der Waals surface area contributed by atoms with Gasteiger partial charge >= 0.3 is 0 Å². The summed E-state index contributed by atoms with van der Waals surface area (Å²) in [4.78, 5) is 16.7. The lowest BCUT2D eigenvalue weighted by atomic mass is 10.0. The molecule has 0 aliphatic carbocycles. The molecule has 2 heterocycles. The van der Waals surface area contributed by atoms with Gasteiger partial charge in [-0.15, -0.1) is 0 Å². The second kappa shape index (κ2) is 7.79. The van der Waals surface area contributed by atoms with Gasteiger partial charge in [-0.1, -0.05) is 49.3 Å². The Labute approximate surface area is 146 Å². The smallest absolute Gasteiger partial charge is 0.249 e. The van der Waals surface area contributed by atoms with Crippen LogP contribution < -0.4 is 5.32 Å². The van der Waals surface area contributed by atoms with E-state index in [2.05, 4.69) is 15.5 Å². The molecule has 130 valence electrons. The molecule has 25 heavy (non-hydrogen) atoms. The van der Waals surface area contributed by atoms with Crippen LogP contribution in [0.3, 0.4) is 0 Å². The number of aromatic nitrogens is 2. The van der Waals surface area contributed by atoms with Crippen LogP contribution in [0.25, 0.3) is 11.6 Å². The van der Waals surface area contributed by atoms with E-state index in [1.807, 2.05) is 44.2 Å². The number of hydrogen-bond donors (Lipinski definition) is 1. The van der Waals surface area contributed by atoms with Crippen LogP contribution in [0.1, 0.15) is 37.8 Å². The molecule has 0 fully saturated rings. The molecule has 3 rings (SSSR count). The maximum Gasteiger partial charge on any atom is 0.249 e. The summed E-state index contributed by atoms with van der Waals surface area (Å²) in [5, 5.41) is 6.93. The first-order valence-corrected chi connectivity index (χ1v) is 8.34. The number of nitrogens with one attached hydrogen (secondary N) is 1. The summed E-state index contributed by atoms with van der Waals surface area (Å²) in [5.74, 6) is 1.37. The summed E-state index contributed by atoms with van der Waals surface area (Å²) in [6, 6.07) is 13.1. The number of nitrogens with zero attached hydrogens (tertiary/aromatic N) is 2. The van der Waals surface area contributed by atoms with Gasteiger partial charge in [-0.2, -0.15) is 4.98 Å². The van der Waals surface area contributed by atoms with Gasteiger partial charge in [0.15, 0.2) is 5.76 Å². The van der Waals surface area contributed by atoms with Gasteiger partial charge in [-0.3, -0.25) is 4.79 Å². The quantitative estimate of drug-likeness (QED) is 0.708. The Morgan fingerprint density at radius 1 is 1.16 bits per heavy atom. The number of furan rings is 1. The van der Waals surface area contributed by atoms with E-state index in [1.165, 1.54) is 0 Å². The van der Waals surface area contributed by atoms with E-state index >= 15 is 0 Å². The first-order chi connectivity index (χ1) is 12.1. The highest BCUT2D eigenvalue weighted by atomic mass is 16.5. The van der Waals surface area contributed by atoms with Crippen molar-refractivity contribution in [3.63, 3.8) is 0 Å². The molecule has 2 aromatic heterocycles. The first-order valence-electron chi connectivity index (χ1n) is 8.34. The Balaban J connectivity index is 1.64. The molecule has 0 unspecified atom stereocenters. The van der Waals surface area contributed by atoms with Crippen LogP contribution in [0.15, 0.2) is 57.7 Å². The van der Waals surface area contributed by atoms with Crippen LogP contribution in [-0.4, -0.2) is 16.0 Å². The zero-order valence-corrected chi connectivity index (χ0v) is 14.3. The van der Waals surface area contributed by atoms with E-state index in [0.29, 0.717) is 30.3 Å². The fourth-order valence-electron chi connectivity index (χ4n) is 2.53. The average molecular weight is 339 g/mol. The summed E-state index contributed by atoms with van der Waals surface area (Å²) in [5.41, 5.74) is 1.14. The van der Waals surface area contributed by atoms with Crippen molar-refractivity contribution in [3.8, 4) is 11.6 Å². The van der Waals surface area contributed by atoms with Gasteiger partial charge in [-0.25, -0.2) is 0 Å². The zero-order valence-electron chi connectivity index (χ0n) is 14.3. The Morgan fingerprint density at radius 2 is 1.96 bits per heavy atom. The van der Waals surface area contributed by atoms with Gasteiger partial charge in [0.25, 0.3) is 0 Å². The van der Waals surface area contributed by atoms with Gasteiger partial charge in [-0.05, 0) is 30.0 Å². The minimum atomic E-state index is -0.334. The molecule has 0 aliphatic rings. The second-order valence-corrected chi connectivity index (χ2v) is 6.21. The summed E-state index contributed by atoms with van der Waals surface area (Å²) < 4.78 is 10.6. The van der Waals surface area contributed by atoms with Crippen molar-refractivity contribution in [1.82, 2.24) is 15.5 Å². The molecule has 0 spiro atoms. The highest BCUT2D eigenvalue weighted by Crippen LogP contribution is 2.24. The van der Waals surface area contributed by atoms with Crippen LogP contribution in [0.4, 0.5) is 0 Å². The molecule has 0 saturated carbocycles. The third-order valence-electron chi connectivity index (χ3n) is 3.92. The van der Waals surface area contributed by atoms with E-state index < -0.39 is 0 Å². The van der Waals surface area contributed by atoms with Crippen LogP contribution in [-0.2, 0) is 11.2 Å². The zero-order chi connectivity index (χ0) is 17.6. The summed E-state index contributed by atoms with van der Waals surface area (Å²) >= 11 is 0. The Kier molecular flexibility index (Phi) is 5.28. The Hall–Kier alpha value is -2.89. The normalized spacial score (nSPS) is 12.3. The molecule has 1 amide bonds. The van der Waals surface area contributed by atoms with Crippen molar-refractivity contribution >= 4 is 5.91 Å². The SMILES string of the molecule is CC(C)[C@@H](NC(=O)CCc1ccccc1)c1nc(-c2ccco2)no1. The fourth-order valence-corrected chi connectivity index (χ4v) is 2.53. The van der Waals surface area contributed by atoms with E-state index in [9.17, 15) is 4.79 Å². The Morgan fingerprint density at radius 3 is 2.64 bits per heavy atom. The van der Waals surface area contributed by atoms with Crippen molar-refractivity contribution in [1.29, 1.82) is 0 Å². The van der Waals surface area contributed by atoms with E-state index in [0.717, 1.165) is 5.56 Å². The number of rotatable bonds is 7. The lowest BCUT2D eigenvalue weighted by molar-refractivity contribution is -0.122. The molecule has 1 aromatic carbocycles. The van der Waals surface area contributed by atoms with Gasteiger partial charge < -0.3 is 14.3 Å². The lowest BCUT2D eigenvalue weighted by Gasteiger charge is -2.18. The van der Waals surface area contributed by atoms with E-state index in [4.69, 9.17) is 8.94 Å². The number of aryl methyl sites for hydroxylation is 1. The van der Waals surface area contributed by atoms with Crippen molar-refractivity contribution in [2.24, 2.45) is 5.92 Å². The minimum absolute atomic E-state index is 0.0414. The molecule has 0 saturated heterocycles. The maximum atomic E-state index is 12.3. The number of hydrogen-bond acceptors (Lipinski definition) is 5. The van der Waals surface area contributed by atoms with E-state index in [-0.39, 0.29) is 17.9 Å². The molecular weight excluding hydrogens is 318 g/mol. The fraction of sp³-hybridized carbons (Fsp3) is 0.316. The molecular formula is C19H21N3O3. The summed E-state index contributed by atoms with van der Waals surface area (Å²) in [7, 11) is 0. The molecule has 6 heteroatoms. The molecule has 0 aliphatic heterocycles.